The third-order valence-electron chi connectivity index (χ3n) is 3.79. The number of nitrogens with one attached hydrogen (secondary N) is 1. The molecule has 0 spiro atoms. The first-order valence-electron chi connectivity index (χ1n) is 6.89. The summed E-state index contributed by atoms with van der Waals surface area (Å²) in [7, 11) is 0. The van der Waals surface area contributed by atoms with Crippen LogP contribution in [-0.2, 0) is 0 Å². The van der Waals surface area contributed by atoms with Gasteiger partial charge in [-0.3, -0.25) is 4.79 Å². The summed E-state index contributed by atoms with van der Waals surface area (Å²) in [6, 6.07) is 1.82. The molecule has 0 radical (unpaired) electrons. The normalized spacial score (nSPS) is 18.7. The molecule has 1 N–H and O–H groups in total. The zero-order valence-electron chi connectivity index (χ0n) is 11.7. The van der Waals surface area contributed by atoms with E-state index in [9.17, 15) is 9.59 Å². The zero-order valence-corrected chi connectivity index (χ0v) is 12.5. The summed E-state index contributed by atoms with van der Waals surface area (Å²) < 4.78 is 0. The lowest BCUT2D eigenvalue weighted by Crippen LogP contribution is -2.39. The third-order valence-corrected chi connectivity index (χ3v) is 4.70. The number of aryl methyl sites for hydroxylation is 1. The Morgan fingerprint density at radius 2 is 2.33 bits per heavy atom. The van der Waals surface area contributed by atoms with Gasteiger partial charge in [-0.1, -0.05) is 0 Å². The van der Waals surface area contributed by atoms with Gasteiger partial charge in [-0.15, -0.1) is 11.3 Å². The molecule has 0 aromatic carbocycles. The number of aromatic amines is 1. The van der Waals surface area contributed by atoms with Crippen molar-refractivity contribution in [1.29, 1.82) is 0 Å². The van der Waals surface area contributed by atoms with E-state index in [1.54, 1.807) is 5.51 Å². The fourth-order valence-electron chi connectivity index (χ4n) is 2.69. The van der Waals surface area contributed by atoms with E-state index in [0.29, 0.717) is 11.4 Å². The number of thiazole rings is 1. The third kappa shape index (κ3) is 2.87. The SMILES string of the molecule is Cc1ncsc1C(=O)N1CCC[C@H](c2ccnc(=O)[nH]2)C1. The largest absolute Gasteiger partial charge is 0.345 e. The van der Waals surface area contributed by atoms with Crippen LogP contribution >= 0.6 is 11.3 Å². The molecule has 110 valence electrons. The molecule has 1 aliphatic rings. The van der Waals surface area contributed by atoms with Crippen LogP contribution in [0.4, 0.5) is 0 Å². The highest BCUT2D eigenvalue weighted by Crippen LogP contribution is 2.27. The summed E-state index contributed by atoms with van der Waals surface area (Å²) in [5.41, 5.74) is 3.00. The average Bonchev–Trinajstić information content (AvgIpc) is 2.93. The Kier molecular flexibility index (Phi) is 3.83. The van der Waals surface area contributed by atoms with Crippen LogP contribution in [0.1, 0.15) is 39.8 Å². The molecule has 3 rings (SSSR count). The second kappa shape index (κ2) is 5.77. The summed E-state index contributed by atoms with van der Waals surface area (Å²) in [6.07, 6.45) is 3.41. The smallest absolute Gasteiger partial charge is 0.337 e. The van der Waals surface area contributed by atoms with Crippen molar-refractivity contribution in [2.45, 2.75) is 25.7 Å². The maximum atomic E-state index is 12.5. The number of hydrogen-bond donors (Lipinski definition) is 1. The number of piperidine rings is 1. The average molecular weight is 304 g/mol. The molecule has 0 saturated carbocycles. The van der Waals surface area contributed by atoms with Crippen LogP contribution in [0.15, 0.2) is 22.6 Å². The van der Waals surface area contributed by atoms with Crippen LogP contribution in [0.25, 0.3) is 0 Å². The minimum atomic E-state index is -0.339. The number of hydrogen-bond acceptors (Lipinski definition) is 5. The van der Waals surface area contributed by atoms with Crippen molar-refractivity contribution in [3.05, 3.63) is 44.5 Å². The molecule has 1 atom stereocenters. The number of amides is 1. The minimum absolute atomic E-state index is 0.0381. The van der Waals surface area contributed by atoms with Gasteiger partial charge >= 0.3 is 5.69 Å². The Labute approximate surface area is 125 Å². The van der Waals surface area contributed by atoms with E-state index in [0.717, 1.165) is 30.8 Å². The Morgan fingerprint density at radius 1 is 1.48 bits per heavy atom. The van der Waals surface area contributed by atoms with Crippen LogP contribution < -0.4 is 5.69 Å². The summed E-state index contributed by atoms with van der Waals surface area (Å²) >= 11 is 1.38. The van der Waals surface area contributed by atoms with E-state index in [2.05, 4.69) is 15.0 Å². The van der Waals surface area contributed by atoms with Gasteiger partial charge in [0, 0.05) is 30.9 Å². The van der Waals surface area contributed by atoms with Crippen molar-refractivity contribution in [3.8, 4) is 0 Å². The highest BCUT2D eigenvalue weighted by atomic mass is 32.1. The molecule has 7 heteroatoms. The minimum Gasteiger partial charge on any atom is -0.337 e. The number of H-pyrrole nitrogens is 1. The Morgan fingerprint density at radius 3 is 3.05 bits per heavy atom. The molecule has 1 saturated heterocycles. The molecule has 2 aromatic heterocycles. The standard InChI is InChI=1S/C14H16N4O2S/c1-9-12(21-8-16-9)13(19)18-6-2-3-10(7-18)11-4-5-15-14(20)17-11/h4-5,8,10H,2-3,6-7H2,1H3,(H,15,17,20)/t10-/m0/s1. The van der Waals surface area contributed by atoms with Crippen LogP contribution in [0.3, 0.4) is 0 Å². The fourth-order valence-corrected chi connectivity index (χ4v) is 3.46. The van der Waals surface area contributed by atoms with E-state index >= 15 is 0 Å². The van der Waals surface area contributed by atoms with Crippen molar-refractivity contribution < 1.29 is 4.79 Å². The summed E-state index contributed by atoms with van der Waals surface area (Å²) in [5, 5.41) is 0. The number of rotatable bonds is 2. The van der Waals surface area contributed by atoms with E-state index < -0.39 is 0 Å². The second-order valence-corrected chi connectivity index (χ2v) is 6.04. The van der Waals surface area contributed by atoms with Crippen LogP contribution in [-0.4, -0.2) is 38.8 Å². The quantitative estimate of drug-likeness (QED) is 0.913. The molecule has 1 fully saturated rings. The Bertz CT molecular complexity index is 709. The van der Waals surface area contributed by atoms with Gasteiger partial charge in [-0.25, -0.2) is 14.8 Å². The van der Waals surface area contributed by atoms with Gasteiger partial charge in [0.2, 0.25) is 0 Å². The number of likely N-dealkylation sites (tertiary alicyclic amines) is 1. The van der Waals surface area contributed by atoms with Crippen molar-refractivity contribution in [2.24, 2.45) is 0 Å². The van der Waals surface area contributed by atoms with Gasteiger partial charge in [0.15, 0.2) is 0 Å². The van der Waals surface area contributed by atoms with Gasteiger partial charge < -0.3 is 9.88 Å². The van der Waals surface area contributed by atoms with E-state index in [4.69, 9.17) is 0 Å². The molecular formula is C14H16N4O2S. The van der Waals surface area contributed by atoms with Crippen molar-refractivity contribution in [2.75, 3.05) is 13.1 Å². The highest BCUT2D eigenvalue weighted by Gasteiger charge is 2.27. The summed E-state index contributed by atoms with van der Waals surface area (Å²) in [6.45, 7) is 3.23. The maximum Gasteiger partial charge on any atom is 0.345 e. The lowest BCUT2D eigenvalue weighted by atomic mass is 9.94. The summed E-state index contributed by atoms with van der Waals surface area (Å²) in [5.74, 6) is 0.197. The van der Waals surface area contributed by atoms with Crippen LogP contribution in [0, 0.1) is 6.92 Å². The molecule has 0 aliphatic carbocycles. The van der Waals surface area contributed by atoms with Crippen LogP contribution in [0.2, 0.25) is 0 Å². The van der Waals surface area contributed by atoms with Crippen LogP contribution in [0.5, 0.6) is 0 Å². The Hall–Kier alpha value is -2.02. The van der Waals surface area contributed by atoms with E-state index in [-0.39, 0.29) is 17.5 Å². The lowest BCUT2D eigenvalue weighted by Gasteiger charge is -2.32. The molecule has 6 nitrogen and oxygen atoms in total. The lowest BCUT2D eigenvalue weighted by molar-refractivity contribution is 0.0710. The number of aromatic nitrogens is 3. The fraction of sp³-hybridized carbons (Fsp3) is 0.429. The predicted molar refractivity (Wildman–Crippen MR) is 79.6 cm³/mol. The molecule has 2 aromatic rings. The van der Waals surface area contributed by atoms with E-state index in [1.807, 2.05) is 17.9 Å². The highest BCUT2D eigenvalue weighted by molar-refractivity contribution is 7.11. The molecule has 0 unspecified atom stereocenters. The second-order valence-electron chi connectivity index (χ2n) is 5.19. The predicted octanol–water partition coefficient (Wildman–Crippen LogP) is 1.55. The van der Waals surface area contributed by atoms with Crippen molar-refractivity contribution in [1.82, 2.24) is 19.9 Å². The van der Waals surface area contributed by atoms with E-state index in [1.165, 1.54) is 17.5 Å². The van der Waals surface area contributed by atoms with Crippen molar-refractivity contribution in [3.63, 3.8) is 0 Å². The van der Waals surface area contributed by atoms with Gasteiger partial charge in [0.05, 0.1) is 11.2 Å². The van der Waals surface area contributed by atoms with Gasteiger partial charge in [-0.05, 0) is 25.8 Å². The molecule has 21 heavy (non-hydrogen) atoms. The first-order chi connectivity index (χ1) is 10.1. The number of nitrogens with zero attached hydrogens (tertiary/aromatic N) is 3. The Balaban J connectivity index is 1.79. The maximum absolute atomic E-state index is 12.5. The van der Waals surface area contributed by atoms with Gasteiger partial charge in [-0.2, -0.15) is 0 Å². The van der Waals surface area contributed by atoms with Gasteiger partial charge in [0.25, 0.3) is 5.91 Å². The number of carbonyl (C=O) groups excluding carboxylic acids is 1. The topological polar surface area (TPSA) is 79.0 Å². The molecule has 1 amide bonds. The summed E-state index contributed by atoms with van der Waals surface area (Å²) in [4.78, 5) is 37.0. The molecule has 3 heterocycles. The monoisotopic (exact) mass is 304 g/mol. The zero-order chi connectivity index (χ0) is 14.8. The molecule has 1 aliphatic heterocycles. The molecular weight excluding hydrogens is 288 g/mol. The first-order valence-corrected chi connectivity index (χ1v) is 7.77. The van der Waals surface area contributed by atoms with Gasteiger partial charge in [0.1, 0.15) is 4.88 Å². The first kappa shape index (κ1) is 13.9. The van der Waals surface area contributed by atoms with Crippen molar-refractivity contribution >= 4 is 17.2 Å². The number of carbonyl (C=O) groups is 1. The molecule has 0 bridgehead atoms.